The van der Waals surface area contributed by atoms with E-state index in [0.29, 0.717) is 30.2 Å². The van der Waals surface area contributed by atoms with Crippen LogP contribution in [-0.2, 0) is 13.1 Å². The van der Waals surface area contributed by atoms with Crippen LogP contribution >= 0.6 is 0 Å². The molecule has 1 N–H and O–H groups in total. The minimum absolute atomic E-state index is 0.158. The van der Waals surface area contributed by atoms with Gasteiger partial charge in [0, 0.05) is 31.5 Å². The first kappa shape index (κ1) is 20.3. The van der Waals surface area contributed by atoms with E-state index in [-0.39, 0.29) is 18.1 Å². The molecule has 8 heteroatoms. The maximum atomic E-state index is 13.1. The summed E-state index contributed by atoms with van der Waals surface area (Å²) in [5, 5.41) is 2.83. The number of benzene rings is 1. The second-order valence-corrected chi connectivity index (χ2v) is 7.20. The number of pyridine rings is 2. The number of fused-ring (bicyclic) bond motifs is 1. The smallest absolute Gasteiger partial charge is 0.330 e. The lowest BCUT2D eigenvalue weighted by atomic mass is 10.1. The van der Waals surface area contributed by atoms with Gasteiger partial charge in [-0.3, -0.25) is 13.9 Å². The van der Waals surface area contributed by atoms with E-state index in [9.17, 15) is 9.59 Å². The number of aryl methyl sites for hydroxylation is 1. The predicted molar refractivity (Wildman–Crippen MR) is 117 cm³/mol. The van der Waals surface area contributed by atoms with Crippen LogP contribution in [0.25, 0.3) is 11.2 Å². The van der Waals surface area contributed by atoms with Gasteiger partial charge in [0.2, 0.25) is 5.88 Å². The van der Waals surface area contributed by atoms with Gasteiger partial charge in [-0.1, -0.05) is 29.8 Å². The van der Waals surface area contributed by atoms with Crippen molar-refractivity contribution in [1.29, 1.82) is 0 Å². The fraction of sp³-hybridized carbons (Fsp3) is 0.217. The molecule has 0 aliphatic carbocycles. The maximum Gasteiger partial charge on any atom is 0.330 e. The van der Waals surface area contributed by atoms with Crippen molar-refractivity contribution in [3.05, 3.63) is 88.1 Å². The van der Waals surface area contributed by atoms with Crippen LogP contribution in [0.2, 0.25) is 0 Å². The van der Waals surface area contributed by atoms with Crippen molar-refractivity contribution in [3.8, 4) is 5.88 Å². The van der Waals surface area contributed by atoms with Crippen LogP contribution in [0.5, 0.6) is 5.88 Å². The fourth-order valence-electron chi connectivity index (χ4n) is 3.40. The molecule has 8 nitrogen and oxygen atoms in total. The van der Waals surface area contributed by atoms with Gasteiger partial charge in [-0.15, -0.1) is 0 Å². The number of ether oxygens (including phenoxy) is 1. The van der Waals surface area contributed by atoms with Crippen LogP contribution in [0.15, 0.2) is 65.7 Å². The van der Waals surface area contributed by atoms with Crippen molar-refractivity contribution < 1.29 is 9.53 Å². The monoisotopic (exact) mass is 417 g/mol. The molecular formula is C23H23N5O3. The van der Waals surface area contributed by atoms with Crippen LogP contribution in [0.4, 0.5) is 0 Å². The van der Waals surface area contributed by atoms with Crippen LogP contribution in [0, 0.1) is 6.92 Å². The Bertz CT molecular complexity index is 1260. The Kier molecular flexibility index (Phi) is 5.79. The van der Waals surface area contributed by atoms with Crippen LogP contribution in [-0.4, -0.2) is 38.7 Å². The van der Waals surface area contributed by atoms with Gasteiger partial charge in [-0.05, 0) is 30.7 Å². The molecule has 0 bridgehead atoms. The normalized spacial score (nSPS) is 10.9. The van der Waals surface area contributed by atoms with Gasteiger partial charge < -0.3 is 10.1 Å². The SMILES string of the molecule is COc1ccc(C(=O)NCCn2c(=O)n(Cc3ccc(C)cc3)c3cccnc32)cn1. The number of nitrogens with zero attached hydrogens (tertiary/aromatic N) is 4. The molecule has 0 aliphatic heterocycles. The molecule has 0 aliphatic rings. The third-order valence-electron chi connectivity index (χ3n) is 5.06. The van der Waals surface area contributed by atoms with Crippen LogP contribution < -0.4 is 15.7 Å². The molecule has 1 aromatic carbocycles. The number of methoxy groups -OCH3 is 1. The quantitative estimate of drug-likeness (QED) is 0.499. The summed E-state index contributed by atoms with van der Waals surface area (Å²) in [5.74, 6) is 0.176. The molecule has 3 aromatic heterocycles. The first-order valence-electron chi connectivity index (χ1n) is 9.94. The van der Waals surface area contributed by atoms with Crippen LogP contribution in [0.1, 0.15) is 21.5 Å². The van der Waals surface area contributed by atoms with Crippen molar-refractivity contribution in [2.45, 2.75) is 20.0 Å². The maximum absolute atomic E-state index is 13.1. The van der Waals surface area contributed by atoms with Gasteiger partial charge in [0.05, 0.1) is 24.7 Å². The summed E-state index contributed by atoms with van der Waals surface area (Å²) in [7, 11) is 1.52. The zero-order valence-corrected chi connectivity index (χ0v) is 17.4. The molecule has 0 unspecified atom stereocenters. The summed E-state index contributed by atoms with van der Waals surface area (Å²) < 4.78 is 8.31. The first-order chi connectivity index (χ1) is 15.1. The van der Waals surface area contributed by atoms with E-state index >= 15 is 0 Å². The molecule has 4 aromatic rings. The van der Waals surface area contributed by atoms with Gasteiger partial charge in [0.25, 0.3) is 5.91 Å². The van der Waals surface area contributed by atoms with Gasteiger partial charge >= 0.3 is 5.69 Å². The van der Waals surface area contributed by atoms with Crippen molar-refractivity contribution in [2.75, 3.05) is 13.7 Å². The summed E-state index contributed by atoms with van der Waals surface area (Å²) in [6, 6.07) is 15.1. The Labute approximate surface area is 179 Å². The highest BCUT2D eigenvalue weighted by molar-refractivity contribution is 5.93. The topological polar surface area (TPSA) is 91.0 Å². The number of hydrogen-bond donors (Lipinski definition) is 1. The summed E-state index contributed by atoms with van der Waals surface area (Å²) in [6.07, 6.45) is 3.12. The minimum atomic E-state index is -0.264. The molecule has 158 valence electrons. The number of rotatable bonds is 7. The number of nitrogens with one attached hydrogen (secondary N) is 1. The minimum Gasteiger partial charge on any atom is -0.481 e. The van der Waals surface area contributed by atoms with Gasteiger partial charge in [0.1, 0.15) is 0 Å². The number of hydrogen-bond acceptors (Lipinski definition) is 5. The van der Waals surface area contributed by atoms with E-state index in [1.807, 2.05) is 43.3 Å². The predicted octanol–water partition coefficient (Wildman–Crippen LogP) is 2.39. The average Bonchev–Trinajstić information content (AvgIpc) is 3.06. The van der Waals surface area contributed by atoms with Crippen molar-refractivity contribution in [2.24, 2.45) is 0 Å². The number of carbonyl (C=O) groups excluding carboxylic acids is 1. The number of aromatic nitrogens is 4. The Morgan fingerprint density at radius 3 is 2.58 bits per heavy atom. The summed E-state index contributed by atoms with van der Waals surface area (Å²) in [4.78, 5) is 33.9. The molecule has 3 heterocycles. The molecule has 0 saturated heterocycles. The van der Waals surface area contributed by atoms with Crippen molar-refractivity contribution >= 4 is 17.1 Å². The second-order valence-electron chi connectivity index (χ2n) is 7.20. The zero-order valence-electron chi connectivity index (χ0n) is 17.4. The van der Waals surface area contributed by atoms with Crippen molar-refractivity contribution in [1.82, 2.24) is 24.4 Å². The largest absolute Gasteiger partial charge is 0.481 e. The van der Waals surface area contributed by atoms with E-state index in [4.69, 9.17) is 4.74 Å². The molecular weight excluding hydrogens is 394 g/mol. The third-order valence-corrected chi connectivity index (χ3v) is 5.06. The Balaban J connectivity index is 1.52. The molecule has 0 saturated carbocycles. The first-order valence-corrected chi connectivity index (χ1v) is 9.94. The summed E-state index contributed by atoms with van der Waals surface area (Å²) >= 11 is 0. The van der Waals surface area contributed by atoms with Gasteiger partial charge in [-0.2, -0.15) is 0 Å². The van der Waals surface area contributed by atoms with E-state index in [2.05, 4.69) is 15.3 Å². The molecule has 4 rings (SSSR count). The Hall–Kier alpha value is -3.94. The van der Waals surface area contributed by atoms with Crippen LogP contribution in [0.3, 0.4) is 0 Å². The lowest BCUT2D eigenvalue weighted by Gasteiger charge is -2.06. The number of amides is 1. The third kappa shape index (κ3) is 4.32. The highest BCUT2D eigenvalue weighted by Gasteiger charge is 2.15. The van der Waals surface area contributed by atoms with E-state index in [1.165, 1.54) is 18.9 Å². The average molecular weight is 417 g/mol. The molecule has 0 fully saturated rings. The summed E-state index contributed by atoms with van der Waals surface area (Å²) in [5.41, 5.74) is 3.83. The van der Waals surface area contributed by atoms with Gasteiger partial charge in [-0.25, -0.2) is 14.8 Å². The fourth-order valence-corrected chi connectivity index (χ4v) is 3.40. The standard InChI is InChI=1S/C23H23N5O3/c1-16-5-7-17(8-6-16)15-28-19-4-3-11-24-21(19)27(23(28)30)13-12-25-22(29)18-9-10-20(31-2)26-14-18/h3-11,14H,12-13,15H2,1-2H3,(H,25,29). The Morgan fingerprint density at radius 2 is 1.87 bits per heavy atom. The lowest BCUT2D eigenvalue weighted by molar-refractivity contribution is 0.0952. The van der Waals surface area contributed by atoms with E-state index in [0.717, 1.165) is 11.1 Å². The van der Waals surface area contributed by atoms with E-state index in [1.54, 1.807) is 27.5 Å². The Morgan fingerprint density at radius 1 is 1.06 bits per heavy atom. The lowest BCUT2D eigenvalue weighted by Crippen LogP contribution is -2.32. The number of imidazole rings is 1. The summed E-state index contributed by atoms with van der Waals surface area (Å²) in [6.45, 7) is 3.08. The molecule has 31 heavy (non-hydrogen) atoms. The van der Waals surface area contributed by atoms with Crippen molar-refractivity contribution in [3.63, 3.8) is 0 Å². The number of carbonyl (C=O) groups is 1. The van der Waals surface area contributed by atoms with Gasteiger partial charge in [0.15, 0.2) is 5.65 Å². The zero-order chi connectivity index (χ0) is 21.8. The highest BCUT2D eigenvalue weighted by atomic mass is 16.5. The molecule has 0 atom stereocenters. The molecule has 1 amide bonds. The van der Waals surface area contributed by atoms with E-state index < -0.39 is 0 Å². The second kappa shape index (κ2) is 8.83. The molecule has 0 radical (unpaired) electrons. The highest BCUT2D eigenvalue weighted by Crippen LogP contribution is 2.13. The molecule has 0 spiro atoms.